The Balaban J connectivity index is 4.25. The Labute approximate surface area is 83.4 Å². The molecule has 0 rings (SSSR count). The minimum absolute atomic E-state index is 0.0985. The quantitative estimate of drug-likeness (QED) is 0.411. The summed E-state index contributed by atoms with van der Waals surface area (Å²) in [7, 11) is 0. The van der Waals surface area contributed by atoms with Crippen molar-refractivity contribution >= 4 is 0 Å². The zero-order valence-corrected chi connectivity index (χ0v) is 8.06. The van der Waals surface area contributed by atoms with E-state index in [0.717, 1.165) is 6.42 Å². The van der Waals surface area contributed by atoms with Gasteiger partial charge in [-0.25, -0.2) is 0 Å². The Morgan fingerprint density at radius 3 is 2.57 bits per heavy atom. The van der Waals surface area contributed by atoms with Gasteiger partial charge in [0.05, 0.1) is 0 Å². The van der Waals surface area contributed by atoms with Crippen LogP contribution in [0.5, 0.6) is 0 Å². The van der Waals surface area contributed by atoms with E-state index in [1.165, 1.54) is 0 Å². The van der Waals surface area contributed by atoms with Crippen molar-refractivity contribution < 1.29 is 9.57 Å². The maximum Gasteiger partial charge on any atom is 0.622 e. The van der Waals surface area contributed by atoms with Crippen molar-refractivity contribution in [2.45, 2.75) is 19.3 Å². The van der Waals surface area contributed by atoms with Crippen LogP contribution in [0.15, 0.2) is 0 Å². The molecule has 0 heterocycles. The summed E-state index contributed by atoms with van der Waals surface area (Å²) in [5, 5.41) is 2.92. The van der Waals surface area contributed by atoms with E-state index in [1.54, 1.807) is 0 Å². The van der Waals surface area contributed by atoms with E-state index < -0.39 is 5.91 Å². The molecule has 0 aromatic carbocycles. The van der Waals surface area contributed by atoms with E-state index in [9.17, 15) is 0 Å². The van der Waals surface area contributed by atoms with Crippen molar-refractivity contribution in [2.75, 3.05) is 13.2 Å². The first-order valence-corrected chi connectivity index (χ1v) is 4.05. The van der Waals surface area contributed by atoms with E-state index in [4.69, 9.17) is 23.6 Å². The molecule has 74 valence electrons. The second kappa shape index (κ2) is 6.74. The highest BCUT2D eigenvalue weighted by Crippen LogP contribution is 2.13. The molecular formula is C9H13N3O2+2. The van der Waals surface area contributed by atoms with E-state index in [2.05, 4.69) is 26.5 Å². The lowest BCUT2D eigenvalue weighted by molar-refractivity contribution is -0.158. The fourth-order valence-corrected chi connectivity index (χ4v) is 0.643. The lowest BCUT2D eigenvalue weighted by atomic mass is 10.4. The second-order valence-electron chi connectivity index (χ2n) is 2.24. The first kappa shape index (κ1) is 12.3. The van der Waals surface area contributed by atoms with Gasteiger partial charge in [-0.15, -0.1) is 5.92 Å². The van der Waals surface area contributed by atoms with Crippen LogP contribution in [0.1, 0.15) is 13.3 Å². The molecule has 1 atom stereocenters. The van der Waals surface area contributed by atoms with Gasteiger partial charge in [0, 0.05) is 11.3 Å². The van der Waals surface area contributed by atoms with Crippen molar-refractivity contribution in [3.05, 3.63) is 9.85 Å². The average molecular weight is 195 g/mol. The normalized spacial score (nSPS) is 12.6. The van der Waals surface area contributed by atoms with E-state index >= 15 is 0 Å². The monoisotopic (exact) mass is 195 g/mol. The number of hydrogen-bond donors (Lipinski definition) is 1. The van der Waals surface area contributed by atoms with Crippen LogP contribution in [0.4, 0.5) is 0 Å². The molecule has 0 aromatic rings. The Morgan fingerprint density at radius 1 is 1.43 bits per heavy atom. The standard InChI is InChI=1S/C9H13N3O2/c1-4-5-6-7-13-9(8-10,11-2)14-12-3/h2-3H,4,7-8,10H2,1H3/q+2. The largest absolute Gasteiger partial charge is 0.622 e. The summed E-state index contributed by atoms with van der Waals surface area (Å²) >= 11 is 0. The first-order valence-electron chi connectivity index (χ1n) is 4.05. The van der Waals surface area contributed by atoms with Crippen LogP contribution in [0.3, 0.4) is 0 Å². The maximum atomic E-state index is 5.33. The van der Waals surface area contributed by atoms with Gasteiger partial charge in [0.15, 0.2) is 6.54 Å². The molecule has 1 unspecified atom stereocenters. The van der Waals surface area contributed by atoms with Crippen LogP contribution in [0.25, 0.3) is 9.85 Å². The van der Waals surface area contributed by atoms with Crippen molar-refractivity contribution in [2.24, 2.45) is 5.73 Å². The minimum atomic E-state index is -1.53. The molecule has 0 saturated heterocycles. The van der Waals surface area contributed by atoms with Crippen LogP contribution in [0.2, 0.25) is 0 Å². The molecule has 0 aliphatic carbocycles. The minimum Gasteiger partial charge on any atom is -0.317 e. The fraction of sp³-hybridized carbons (Fsp3) is 0.556. The Morgan fingerprint density at radius 2 is 2.14 bits per heavy atom. The summed E-state index contributed by atoms with van der Waals surface area (Å²) in [4.78, 5) is 7.92. The fourth-order valence-electron chi connectivity index (χ4n) is 0.643. The summed E-state index contributed by atoms with van der Waals surface area (Å²) in [5.41, 5.74) is 5.33. The molecular weight excluding hydrogens is 182 g/mol. The first-order chi connectivity index (χ1) is 6.74. The molecule has 0 fully saturated rings. The second-order valence-corrected chi connectivity index (χ2v) is 2.24. The summed E-state index contributed by atoms with van der Waals surface area (Å²) in [6, 6.07) is 0. The maximum absolute atomic E-state index is 5.33. The SMILES string of the molecule is C#[N+]OC(CN)([N+]#C)OCC#CCC. The molecule has 0 aromatic heterocycles. The lowest BCUT2D eigenvalue weighted by Crippen LogP contribution is -2.38. The molecule has 0 spiro atoms. The molecule has 2 N–H and O–H groups in total. The van der Waals surface area contributed by atoms with Gasteiger partial charge < -0.3 is 5.73 Å². The summed E-state index contributed by atoms with van der Waals surface area (Å²) in [6.45, 7) is 11.8. The van der Waals surface area contributed by atoms with Gasteiger partial charge in [0.25, 0.3) is 6.57 Å². The summed E-state index contributed by atoms with van der Waals surface area (Å²) in [6.07, 6.45) is 0.737. The van der Waals surface area contributed by atoms with Gasteiger partial charge >= 0.3 is 12.5 Å². The summed E-state index contributed by atoms with van der Waals surface area (Å²) < 4.78 is 5.08. The molecule has 5 heteroatoms. The number of rotatable bonds is 4. The highest BCUT2D eigenvalue weighted by molar-refractivity contribution is 4.99. The summed E-state index contributed by atoms with van der Waals surface area (Å²) in [5.74, 6) is 3.98. The van der Waals surface area contributed by atoms with Gasteiger partial charge in [-0.2, -0.15) is 0 Å². The molecule has 0 bridgehead atoms. The van der Waals surface area contributed by atoms with Crippen molar-refractivity contribution in [3.63, 3.8) is 0 Å². The van der Waals surface area contributed by atoms with Gasteiger partial charge in [0.1, 0.15) is 6.61 Å². The molecule has 5 nitrogen and oxygen atoms in total. The van der Waals surface area contributed by atoms with Gasteiger partial charge in [-0.05, 0) is 4.84 Å². The molecule has 14 heavy (non-hydrogen) atoms. The molecule has 0 amide bonds. The van der Waals surface area contributed by atoms with Crippen molar-refractivity contribution in [3.8, 4) is 25.0 Å². The van der Waals surface area contributed by atoms with Gasteiger partial charge in [-0.3, -0.25) is 4.74 Å². The topological polar surface area (TPSA) is 53.2 Å². The lowest BCUT2D eigenvalue weighted by Gasteiger charge is -2.04. The van der Waals surface area contributed by atoms with Crippen molar-refractivity contribution in [1.29, 1.82) is 0 Å². The van der Waals surface area contributed by atoms with Crippen LogP contribution < -0.4 is 5.73 Å². The van der Waals surface area contributed by atoms with Crippen molar-refractivity contribution in [1.82, 2.24) is 0 Å². The third-order valence-corrected chi connectivity index (χ3v) is 1.32. The predicted molar refractivity (Wildman–Crippen MR) is 53.5 cm³/mol. The predicted octanol–water partition coefficient (Wildman–Crippen LogP) is 0.886. The Hall–Kier alpha value is -1.74. The molecule has 0 aliphatic rings. The Kier molecular flexibility index (Phi) is 5.90. The van der Waals surface area contributed by atoms with E-state index in [-0.39, 0.29) is 13.2 Å². The van der Waals surface area contributed by atoms with Gasteiger partial charge in [-0.1, -0.05) is 12.8 Å². The molecule has 0 aliphatic heterocycles. The zero-order valence-electron chi connectivity index (χ0n) is 8.06. The third-order valence-electron chi connectivity index (χ3n) is 1.32. The molecule has 0 saturated carbocycles. The smallest absolute Gasteiger partial charge is 0.317 e. The number of ether oxygens (including phenoxy) is 1. The van der Waals surface area contributed by atoms with E-state index in [0.29, 0.717) is 0 Å². The average Bonchev–Trinajstić information content (AvgIpc) is 2.23. The zero-order chi connectivity index (χ0) is 10.9. The highest BCUT2D eigenvalue weighted by atomic mass is 16.8. The number of nitrogens with two attached hydrogens (primary N) is 1. The molecule has 0 radical (unpaired) electrons. The number of hydrogen-bond acceptors (Lipinski definition) is 3. The van der Waals surface area contributed by atoms with Gasteiger partial charge in [0.2, 0.25) is 5.01 Å². The number of nitrogens with zero attached hydrogens (tertiary/aromatic N) is 2. The van der Waals surface area contributed by atoms with Crippen LogP contribution in [0, 0.1) is 25.0 Å². The Bertz CT molecular complexity index is 305. The van der Waals surface area contributed by atoms with Crippen LogP contribution >= 0.6 is 0 Å². The van der Waals surface area contributed by atoms with Crippen LogP contribution in [-0.2, 0) is 9.57 Å². The van der Waals surface area contributed by atoms with Crippen LogP contribution in [-0.4, -0.2) is 19.1 Å². The highest BCUT2D eigenvalue weighted by Gasteiger charge is 2.50. The van der Waals surface area contributed by atoms with E-state index in [1.807, 2.05) is 6.92 Å². The third kappa shape index (κ3) is 3.78.